The fraction of sp³-hybridized carbons (Fsp3) is 0.389. The lowest BCUT2D eigenvalue weighted by atomic mass is 10.0. The van der Waals surface area contributed by atoms with Crippen molar-refractivity contribution in [2.24, 2.45) is 0 Å². The Bertz CT molecular complexity index is 846. The van der Waals surface area contributed by atoms with Crippen LogP contribution >= 0.6 is 24.8 Å². The van der Waals surface area contributed by atoms with E-state index in [-0.39, 0.29) is 24.8 Å². The van der Waals surface area contributed by atoms with Crippen molar-refractivity contribution in [2.75, 3.05) is 13.1 Å². The molecule has 25 heavy (non-hydrogen) atoms. The van der Waals surface area contributed by atoms with E-state index in [0.29, 0.717) is 0 Å². The van der Waals surface area contributed by atoms with Gasteiger partial charge in [-0.1, -0.05) is 18.2 Å². The molecule has 0 bridgehead atoms. The third-order valence-electron chi connectivity index (χ3n) is 5.07. The average Bonchev–Trinajstić information content (AvgIpc) is 3.14. The summed E-state index contributed by atoms with van der Waals surface area (Å²) < 4.78 is 2.16. The molecule has 0 fully saturated rings. The molecule has 0 saturated carbocycles. The molecule has 2 aliphatic heterocycles. The smallest absolute Gasteiger partial charge is 0.0768 e. The van der Waals surface area contributed by atoms with E-state index in [1.807, 2.05) is 0 Å². The van der Waals surface area contributed by atoms with E-state index in [1.165, 1.54) is 33.5 Å². The van der Waals surface area contributed by atoms with Gasteiger partial charge < -0.3 is 10.3 Å². The summed E-state index contributed by atoms with van der Waals surface area (Å²) in [5.41, 5.74) is 6.66. The molecular weight excluding hydrogens is 357 g/mol. The van der Waals surface area contributed by atoms with Crippen molar-refractivity contribution in [2.45, 2.75) is 32.6 Å². The molecule has 5 rings (SSSR count). The predicted molar refractivity (Wildman–Crippen MR) is 105 cm³/mol. The topological polar surface area (TPSA) is 48.9 Å². The number of nitrogens with zero attached hydrogens (tertiary/aromatic N) is 3. The Morgan fingerprint density at radius 2 is 2.00 bits per heavy atom. The van der Waals surface area contributed by atoms with Gasteiger partial charge in [0.2, 0.25) is 0 Å². The molecule has 0 saturated heterocycles. The third kappa shape index (κ3) is 3.29. The molecule has 0 radical (unpaired) electrons. The number of hydrogen-bond donors (Lipinski definition) is 2. The number of aromatic amines is 1. The normalized spacial score (nSPS) is 16.6. The Kier molecular flexibility index (Phi) is 5.39. The summed E-state index contributed by atoms with van der Waals surface area (Å²) in [6, 6.07) is 10.9. The molecule has 0 unspecified atom stereocenters. The van der Waals surface area contributed by atoms with Crippen LogP contribution in [0.3, 0.4) is 0 Å². The molecule has 2 aliphatic rings. The van der Waals surface area contributed by atoms with E-state index in [9.17, 15) is 0 Å². The van der Waals surface area contributed by atoms with Gasteiger partial charge in [0.1, 0.15) is 0 Å². The van der Waals surface area contributed by atoms with E-state index in [2.05, 4.69) is 50.2 Å². The molecule has 2 N–H and O–H groups in total. The van der Waals surface area contributed by atoms with Crippen LogP contribution in [-0.4, -0.2) is 32.8 Å². The Hall–Kier alpha value is -1.53. The second kappa shape index (κ2) is 7.38. The zero-order chi connectivity index (χ0) is 15.2. The summed E-state index contributed by atoms with van der Waals surface area (Å²) in [7, 11) is 0. The van der Waals surface area contributed by atoms with Crippen molar-refractivity contribution in [3.63, 3.8) is 0 Å². The number of hydrogen-bond acceptors (Lipinski definition) is 3. The zero-order valence-corrected chi connectivity index (χ0v) is 15.6. The first kappa shape index (κ1) is 18.3. The van der Waals surface area contributed by atoms with Gasteiger partial charge in [-0.25, -0.2) is 0 Å². The maximum atomic E-state index is 4.77. The van der Waals surface area contributed by atoms with Crippen molar-refractivity contribution >= 4 is 35.7 Å². The summed E-state index contributed by atoms with van der Waals surface area (Å²) in [5, 5.41) is 9.57. The molecule has 2 aromatic heterocycles. The zero-order valence-electron chi connectivity index (χ0n) is 14.0. The second-order valence-electron chi connectivity index (χ2n) is 6.62. The average molecular weight is 380 g/mol. The van der Waals surface area contributed by atoms with Crippen LogP contribution in [0.4, 0.5) is 0 Å². The minimum absolute atomic E-state index is 0. The summed E-state index contributed by atoms with van der Waals surface area (Å²) in [6.07, 6.45) is 1.12. The first-order valence-corrected chi connectivity index (χ1v) is 8.44. The second-order valence-corrected chi connectivity index (χ2v) is 6.62. The van der Waals surface area contributed by atoms with E-state index in [4.69, 9.17) is 5.10 Å². The van der Waals surface area contributed by atoms with E-state index in [0.717, 1.165) is 45.7 Å². The van der Waals surface area contributed by atoms with Gasteiger partial charge >= 0.3 is 0 Å². The summed E-state index contributed by atoms with van der Waals surface area (Å²) in [4.78, 5) is 6.10. The Balaban J connectivity index is 0.000000911. The molecular formula is C18H23Cl2N5. The van der Waals surface area contributed by atoms with Crippen molar-refractivity contribution in [1.29, 1.82) is 0 Å². The van der Waals surface area contributed by atoms with Crippen LogP contribution in [0.25, 0.3) is 10.9 Å². The fourth-order valence-electron chi connectivity index (χ4n) is 3.94. The number of para-hydroxylation sites is 1. The van der Waals surface area contributed by atoms with Gasteiger partial charge in [0, 0.05) is 49.3 Å². The standard InChI is InChI=1S/C18H21N5.2ClH/c1-2-4-17-15(3-1)16-5-7-22(12-18(16)20-17)11-13-9-14-10-19-6-8-23(14)21-13;;/h1-4,9,19-20H,5-8,10-12H2;2*1H. The molecule has 3 aromatic rings. The molecule has 0 spiro atoms. The van der Waals surface area contributed by atoms with Crippen LogP contribution in [0, 0.1) is 0 Å². The van der Waals surface area contributed by atoms with Crippen molar-refractivity contribution in [3.05, 3.63) is 53.0 Å². The van der Waals surface area contributed by atoms with E-state index >= 15 is 0 Å². The number of aromatic nitrogens is 3. The lowest BCUT2D eigenvalue weighted by Crippen LogP contribution is -2.30. The monoisotopic (exact) mass is 379 g/mol. The van der Waals surface area contributed by atoms with Gasteiger partial charge in [-0.3, -0.25) is 9.58 Å². The number of H-pyrrole nitrogens is 1. The fourth-order valence-corrected chi connectivity index (χ4v) is 3.94. The highest BCUT2D eigenvalue weighted by molar-refractivity contribution is 5.86. The van der Waals surface area contributed by atoms with Crippen LogP contribution in [0.1, 0.15) is 22.6 Å². The van der Waals surface area contributed by atoms with E-state index < -0.39 is 0 Å². The van der Waals surface area contributed by atoms with Crippen LogP contribution in [0.15, 0.2) is 30.3 Å². The van der Waals surface area contributed by atoms with Crippen LogP contribution < -0.4 is 5.32 Å². The lowest BCUT2D eigenvalue weighted by molar-refractivity contribution is 0.239. The molecule has 0 amide bonds. The maximum Gasteiger partial charge on any atom is 0.0768 e. The van der Waals surface area contributed by atoms with E-state index in [1.54, 1.807) is 0 Å². The highest BCUT2D eigenvalue weighted by Crippen LogP contribution is 2.28. The summed E-state index contributed by atoms with van der Waals surface area (Å²) in [6.45, 7) is 5.99. The lowest BCUT2D eigenvalue weighted by Gasteiger charge is -2.26. The SMILES string of the molecule is Cl.Cl.c1ccc2c3c([nH]c2c1)CN(Cc1cc2n(n1)CCNC2)CC3. The van der Waals surface area contributed by atoms with Crippen molar-refractivity contribution < 1.29 is 0 Å². The number of rotatable bonds is 2. The molecule has 0 atom stereocenters. The number of fused-ring (bicyclic) bond motifs is 4. The van der Waals surface area contributed by atoms with Gasteiger partial charge in [-0.2, -0.15) is 5.10 Å². The van der Waals surface area contributed by atoms with Crippen LogP contribution in [-0.2, 0) is 32.6 Å². The summed E-state index contributed by atoms with van der Waals surface area (Å²) in [5.74, 6) is 0. The van der Waals surface area contributed by atoms with Gasteiger partial charge in [0.25, 0.3) is 0 Å². The Labute approximate surface area is 159 Å². The third-order valence-corrected chi connectivity index (χ3v) is 5.07. The quantitative estimate of drug-likeness (QED) is 0.719. The molecule has 134 valence electrons. The molecule has 5 nitrogen and oxygen atoms in total. The number of benzene rings is 1. The number of halogens is 2. The Morgan fingerprint density at radius 1 is 1.12 bits per heavy atom. The maximum absolute atomic E-state index is 4.77. The first-order chi connectivity index (χ1) is 11.4. The van der Waals surface area contributed by atoms with Gasteiger partial charge in [-0.15, -0.1) is 24.8 Å². The highest BCUT2D eigenvalue weighted by atomic mass is 35.5. The van der Waals surface area contributed by atoms with Crippen molar-refractivity contribution in [1.82, 2.24) is 25.0 Å². The minimum atomic E-state index is 0. The molecule has 4 heterocycles. The Morgan fingerprint density at radius 3 is 2.88 bits per heavy atom. The molecule has 7 heteroatoms. The number of nitrogens with one attached hydrogen (secondary N) is 2. The van der Waals surface area contributed by atoms with Crippen molar-refractivity contribution in [3.8, 4) is 0 Å². The van der Waals surface area contributed by atoms with Gasteiger partial charge in [0.15, 0.2) is 0 Å². The predicted octanol–water partition coefficient (Wildman–Crippen LogP) is 2.87. The molecule has 0 aliphatic carbocycles. The van der Waals surface area contributed by atoms with Crippen LogP contribution in [0.5, 0.6) is 0 Å². The first-order valence-electron chi connectivity index (χ1n) is 8.44. The molecule has 1 aromatic carbocycles. The highest BCUT2D eigenvalue weighted by Gasteiger charge is 2.21. The minimum Gasteiger partial charge on any atom is -0.357 e. The van der Waals surface area contributed by atoms with Gasteiger partial charge in [-0.05, 0) is 24.1 Å². The summed E-state index contributed by atoms with van der Waals surface area (Å²) >= 11 is 0. The largest absolute Gasteiger partial charge is 0.357 e. The van der Waals surface area contributed by atoms with Gasteiger partial charge in [0.05, 0.1) is 17.9 Å². The van der Waals surface area contributed by atoms with Crippen LogP contribution in [0.2, 0.25) is 0 Å².